The van der Waals surface area contributed by atoms with E-state index in [9.17, 15) is 29.3 Å². The summed E-state index contributed by atoms with van der Waals surface area (Å²) in [7, 11) is 0. The summed E-state index contributed by atoms with van der Waals surface area (Å²) in [4.78, 5) is 58.5. The number of non-ortho nitro benzene ring substituents is 1. The van der Waals surface area contributed by atoms with Crippen LogP contribution in [0, 0.1) is 10.1 Å². The van der Waals surface area contributed by atoms with Crippen LogP contribution in [-0.2, 0) is 9.59 Å². The second-order valence-electron chi connectivity index (χ2n) is 7.06. The number of hydrogen-bond acceptors (Lipinski definition) is 7. The second kappa shape index (κ2) is 8.30. The number of pyridine rings is 1. The summed E-state index contributed by atoms with van der Waals surface area (Å²) in [5, 5.41) is 16.3. The fraction of sp³-hybridized carbons (Fsp3) is 0.143. The van der Waals surface area contributed by atoms with Gasteiger partial charge in [0, 0.05) is 35.8 Å². The Hall–Kier alpha value is -4.54. The van der Waals surface area contributed by atoms with Crippen LogP contribution in [0.15, 0.2) is 59.5 Å². The van der Waals surface area contributed by atoms with Crippen molar-refractivity contribution < 1.29 is 24.0 Å². The van der Waals surface area contributed by atoms with Crippen LogP contribution in [0.1, 0.15) is 18.9 Å². The third-order valence-corrected chi connectivity index (χ3v) is 4.98. The Morgan fingerprint density at radius 2 is 1.88 bits per heavy atom. The number of nitro benzene ring substituents is 1. The molecule has 0 radical (unpaired) electrons. The standard InChI is InChI=1S/C21H16N4O7/c26-18-8-7-17(19(27)23-18)24-10-9-12-11-13(1-6-16(12)20(24)28)22-21(29)32-15-4-2-14(3-5-15)25(30)31/h1-6,9-11,17H,7-8H2,(H,22,29)(H,23,26,27). The number of imide groups is 1. The molecular formula is C21H16N4O7. The van der Waals surface area contributed by atoms with Crippen molar-refractivity contribution in [1.29, 1.82) is 0 Å². The first-order chi connectivity index (χ1) is 15.3. The predicted octanol–water partition coefficient (Wildman–Crippen LogP) is 2.50. The van der Waals surface area contributed by atoms with Crippen molar-refractivity contribution in [2.24, 2.45) is 0 Å². The Bertz CT molecular complexity index is 1310. The number of anilines is 1. The number of fused-ring (bicyclic) bond motifs is 1. The zero-order chi connectivity index (χ0) is 22.8. The van der Waals surface area contributed by atoms with Crippen LogP contribution in [-0.4, -0.2) is 27.4 Å². The fourth-order valence-electron chi connectivity index (χ4n) is 3.42. The number of carbonyl (C=O) groups is 3. The fourth-order valence-corrected chi connectivity index (χ4v) is 3.42. The highest BCUT2D eigenvalue weighted by molar-refractivity contribution is 5.99. The number of nitrogens with zero attached hydrogens (tertiary/aromatic N) is 2. The first kappa shape index (κ1) is 20.7. The number of benzene rings is 2. The maximum atomic E-state index is 12.8. The van der Waals surface area contributed by atoms with Gasteiger partial charge in [-0.15, -0.1) is 0 Å². The number of amides is 3. The summed E-state index contributed by atoms with van der Waals surface area (Å²) in [6.07, 6.45) is 1.06. The van der Waals surface area contributed by atoms with Crippen LogP contribution in [0.2, 0.25) is 0 Å². The number of nitrogens with one attached hydrogen (secondary N) is 2. The van der Waals surface area contributed by atoms with Crippen LogP contribution < -0.4 is 20.9 Å². The molecule has 1 unspecified atom stereocenters. The van der Waals surface area contributed by atoms with Gasteiger partial charge >= 0.3 is 6.09 Å². The van der Waals surface area contributed by atoms with E-state index in [1.807, 2.05) is 0 Å². The average molecular weight is 436 g/mol. The second-order valence-corrected chi connectivity index (χ2v) is 7.06. The van der Waals surface area contributed by atoms with E-state index >= 15 is 0 Å². The Labute approximate surface area is 179 Å². The van der Waals surface area contributed by atoms with E-state index in [1.165, 1.54) is 47.2 Å². The van der Waals surface area contributed by atoms with Crippen molar-refractivity contribution in [2.75, 3.05) is 5.32 Å². The third kappa shape index (κ3) is 4.17. The zero-order valence-electron chi connectivity index (χ0n) is 16.4. The SMILES string of the molecule is O=C1CCC(n2ccc3cc(NC(=O)Oc4ccc([N+](=O)[O-])cc4)ccc3c2=O)C(=O)N1. The molecule has 11 heteroatoms. The summed E-state index contributed by atoms with van der Waals surface area (Å²) in [6, 6.07) is 10.5. The molecule has 1 saturated heterocycles. The topological polar surface area (TPSA) is 150 Å². The van der Waals surface area contributed by atoms with Gasteiger partial charge in [0.05, 0.1) is 4.92 Å². The van der Waals surface area contributed by atoms with Crippen LogP contribution in [0.3, 0.4) is 0 Å². The van der Waals surface area contributed by atoms with Gasteiger partial charge in [0.2, 0.25) is 11.8 Å². The molecule has 1 aliphatic heterocycles. The Morgan fingerprint density at radius 3 is 2.56 bits per heavy atom. The number of nitro groups is 1. The molecule has 3 aromatic rings. The van der Waals surface area contributed by atoms with Crippen LogP contribution in [0.25, 0.3) is 10.8 Å². The smallest absolute Gasteiger partial charge is 0.410 e. The van der Waals surface area contributed by atoms with Gasteiger partial charge in [-0.05, 0) is 48.2 Å². The zero-order valence-corrected chi connectivity index (χ0v) is 16.4. The van der Waals surface area contributed by atoms with Crippen LogP contribution in [0.4, 0.5) is 16.2 Å². The minimum Gasteiger partial charge on any atom is -0.410 e. The Balaban J connectivity index is 1.50. The Morgan fingerprint density at radius 1 is 1.12 bits per heavy atom. The number of rotatable bonds is 4. The van der Waals surface area contributed by atoms with Gasteiger partial charge in [-0.25, -0.2) is 4.79 Å². The summed E-state index contributed by atoms with van der Waals surface area (Å²) in [5.74, 6) is -0.757. The summed E-state index contributed by atoms with van der Waals surface area (Å²) < 4.78 is 6.39. The molecule has 0 aliphatic carbocycles. The van der Waals surface area contributed by atoms with Crippen molar-refractivity contribution in [2.45, 2.75) is 18.9 Å². The van der Waals surface area contributed by atoms with E-state index in [1.54, 1.807) is 12.1 Å². The molecule has 0 saturated carbocycles. The minimum atomic E-state index is -0.810. The minimum absolute atomic E-state index is 0.126. The van der Waals surface area contributed by atoms with E-state index in [0.717, 1.165) is 0 Å². The van der Waals surface area contributed by atoms with Gasteiger partial charge in [0.15, 0.2) is 0 Å². The van der Waals surface area contributed by atoms with Gasteiger partial charge in [-0.2, -0.15) is 0 Å². The van der Waals surface area contributed by atoms with Crippen molar-refractivity contribution in [3.63, 3.8) is 0 Å². The summed E-state index contributed by atoms with van der Waals surface area (Å²) in [5.41, 5.74) is -0.158. The first-order valence-electron chi connectivity index (χ1n) is 9.54. The third-order valence-electron chi connectivity index (χ3n) is 4.98. The molecule has 0 bridgehead atoms. The van der Waals surface area contributed by atoms with E-state index in [-0.39, 0.29) is 30.2 Å². The normalized spacial score (nSPS) is 15.8. The molecule has 1 atom stereocenters. The lowest BCUT2D eigenvalue weighted by atomic mass is 10.0. The maximum Gasteiger partial charge on any atom is 0.417 e. The number of ether oxygens (including phenoxy) is 1. The van der Waals surface area contributed by atoms with Crippen LogP contribution >= 0.6 is 0 Å². The van der Waals surface area contributed by atoms with Crippen molar-refractivity contribution in [1.82, 2.24) is 9.88 Å². The first-order valence-corrected chi connectivity index (χ1v) is 9.54. The molecule has 0 spiro atoms. The van der Waals surface area contributed by atoms with Crippen molar-refractivity contribution >= 4 is 40.1 Å². The predicted molar refractivity (Wildman–Crippen MR) is 112 cm³/mol. The van der Waals surface area contributed by atoms with Crippen LogP contribution in [0.5, 0.6) is 5.75 Å². The van der Waals surface area contributed by atoms with E-state index in [0.29, 0.717) is 16.5 Å². The molecule has 162 valence electrons. The molecule has 2 heterocycles. The van der Waals surface area contributed by atoms with Gasteiger partial charge < -0.3 is 9.30 Å². The average Bonchev–Trinajstić information content (AvgIpc) is 2.75. The molecule has 3 amide bonds. The lowest BCUT2D eigenvalue weighted by molar-refractivity contribution is -0.384. The van der Waals surface area contributed by atoms with E-state index in [2.05, 4.69) is 10.6 Å². The Kier molecular flexibility index (Phi) is 5.37. The summed E-state index contributed by atoms with van der Waals surface area (Å²) in [6.45, 7) is 0. The monoisotopic (exact) mass is 436 g/mol. The molecular weight excluding hydrogens is 420 g/mol. The molecule has 2 N–H and O–H groups in total. The highest BCUT2D eigenvalue weighted by Gasteiger charge is 2.28. The lowest BCUT2D eigenvalue weighted by Crippen LogP contribution is -2.44. The number of aromatic nitrogens is 1. The molecule has 4 rings (SSSR count). The number of carbonyl (C=O) groups excluding carboxylic acids is 3. The molecule has 1 fully saturated rings. The van der Waals surface area contributed by atoms with Gasteiger partial charge in [-0.3, -0.25) is 35.1 Å². The van der Waals surface area contributed by atoms with Crippen molar-refractivity contribution in [3.05, 3.63) is 75.2 Å². The molecule has 1 aliphatic rings. The lowest BCUT2D eigenvalue weighted by Gasteiger charge is -2.23. The largest absolute Gasteiger partial charge is 0.417 e. The number of piperidine rings is 1. The van der Waals surface area contributed by atoms with Gasteiger partial charge in [-0.1, -0.05) is 0 Å². The quantitative estimate of drug-likeness (QED) is 0.362. The molecule has 32 heavy (non-hydrogen) atoms. The molecule has 1 aromatic heterocycles. The number of hydrogen-bond donors (Lipinski definition) is 2. The molecule has 11 nitrogen and oxygen atoms in total. The van der Waals surface area contributed by atoms with Gasteiger partial charge in [0.1, 0.15) is 11.8 Å². The van der Waals surface area contributed by atoms with E-state index in [4.69, 9.17) is 4.74 Å². The summed E-state index contributed by atoms with van der Waals surface area (Å²) >= 11 is 0. The van der Waals surface area contributed by atoms with Crippen molar-refractivity contribution in [3.8, 4) is 5.75 Å². The highest BCUT2D eigenvalue weighted by Crippen LogP contribution is 2.22. The highest BCUT2D eigenvalue weighted by atomic mass is 16.6. The maximum absolute atomic E-state index is 12.8. The molecule has 2 aromatic carbocycles. The van der Waals surface area contributed by atoms with Gasteiger partial charge in [0.25, 0.3) is 11.2 Å². The van der Waals surface area contributed by atoms with E-state index < -0.39 is 28.5 Å².